The molecule has 0 unspecified atom stereocenters. The second-order valence-electron chi connectivity index (χ2n) is 7.48. The molecule has 0 aromatic carbocycles. The van der Waals surface area contributed by atoms with Crippen LogP contribution in [0.3, 0.4) is 0 Å². The molecule has 20 heavy (non-hydrogen) atoms. The molecule has 114 valence electrons. The van der Waals surface area contributed by atoms with Gasteiger partial charge in [0.25, 0.3) is 0 Å². The Morgan fingerprint density at radius 1 is 1.00 bits per heavy atom. The van der Waals surface area contributed by atoms with Gasteiger partial charge in [0.2, 0.25) is 0 Å². The highest BCUT2D eigenvalue weighted by molar-refractivity contribution is 7.63. The van der Waals surface area contributed by atoms with Crippen LogP contribution in [0.1, 0.15) is 54.9 Å². The summed E-state index contributed by atoms with van der Waals surface area (Å²) in [5.74, 6) is 1.97. The molecule has 4 nitrogen and oxygen atoms in total. The molecule has 0 spiro atoms. The summed E-state index contributed by atoms with van der Waals surface area (Å²) in [7, 11) is -2.23. The Balaban J connectivity index is 2.29. The van der Waals surface area contributed by atoms with E-state index in [0.29, 0.717) is 0 Å². The summed E-state index contributed by atoms with van der Waals surface area (Å²) in [6.07, 6.45) is 5.24. The average molecular weight is 299 g/mol. The van der Waals surface area contributed by atoms with Gasteiger partial charge in [-0.25, -0.2) is 0 Å². The maximum absolute atomic E-state index is 6.28. The fourth-order valence-electron chi connectivity index (χ4n) is 1.92. The zero-order valence-electron chi connectivity index (χ0n) is 13.8. The van der Waals surface area contributed by atoms with Crippen molar-refractivity contribution in [3.63, 3.8) is 0 Å². The zero-order chi connectivity index (χ0) is 15.2. The molecule has 0 saturated carbocycles. The molecule has 0 aromatic heterocycles. The lowest BCUT2D eigenvalue weighted by molar-refractivity contribution is 0.237. The van der Waals surface area contributed by atoms with E-state index < -0.39 is 8.02 Å². The Kier molecular flexibility index (Phi) is 3.85. The Morgan fingerprint density at radius 3 is 1.80 bits per heavy atom. The van der Waals surface area contributed by atoms with Crippen molar-refractivity contribution in [2.24, 2.45) is 10.8 Å². The van der Waals surface area contributed by atoms with Crippen molar-refractivity contribution in [1.29, 1.82) is 0 Å². The van der Waals surface area contributed by atoms with E-state index in [-0.39, 0.29) is 10.8 Å². The molecule has 2 aliphatic heterocycles. The summed E-state index contributed by atoms with van der Waals surface area (Å²) in [4.78, 5) is 0. The minimum atomic E-state index is -2.23. The Bertz CT molecular complexity index is 410. The SMILES string of the molecule is CCCN[P+]12OC(C(C)(C)C)=CN1C=C(C(C)(C)C)O2. The Labute approximate surface area is 123 Å². The highest BCUT2D eigenvalue weighted by atomic mass is 31.2. The van der Waals surface area contributed by atoms with E-state index in [2.05, 4.69) is 70.6 Å². The van der Waals surface area contributed by atoms with Crippen LogP contribution >= 0.6 is 8.02 Å². The fourth-order valence-corrected chi connectivity index (χ4v) is 4.63. The first-order valence-electron chi connectivity index (χ1n) is 7.35. The van der Waals surface area contributed by atoms with E-state index in [1.807, 2.05) is 0 Å². The van der Waals surface area contributed by atoms with Crippen molar-refractivity contribution in [2.45, 2.75) is 54.9 Å². The molecular formula is C15H28N2O2P+. The second-order valence-corrected chi connectivity index (χ2v) is 9.66. The number of nitrogens with one attached hydrogen (secondary N) is 1. The van der Waals surface area contributed by atoms with Crippen LogP contribution in [0.15, 0.2) is 23.9 Å². The van der Waals surface area contributed by atoms with Gasteiger partial charge >= 0.3 is 8.02 Å². The van der Waals surface area contributed by atoms with Crippen LogP contribution in [0, 0.1) is 10.8 Å². The molecule has 0 aliphatic carbocycles. The maximum atomic E-state index is 6.28. The summed E-state index contributed by atoms with van der Waals surface area (Å²) < 4.78 is 14.7. The Hall–Kier alpha value is -0.730. The summed E-state index contributed by atoms with van der Waals surface area (Å²) in [6.45, 7) is 16.0. The van der Waals surface area contributed by atoms with Crippen LogP contribution in [-0.4, -0.2) is 11.2 Å². The predicted octanol–water partition coefficient (Wildman–Crippen LogP) is 4.80. The van der Waals surface area contributed by atoms with Gasteiger partial charge in [0, 0.05) is 17.4 Å². The van der Waals surface area contributed by atoms with Crippen molar-refractivity contribution in [3.05, 3.63) is 23.9 Å². The van der Waals surface area contributed by atoms with E-state index in [4.69, 9.17) is 9.05 Å². The average Bonchev–Trinajstić information content (AvgIpc) is 2.78. The lowest BCUT2D eigenvalue weighted by atomic mass is 9.94. The predicted molar refractivity (Wildman–Crippen MR) is 84.3 cm³/mol. The largest absolute Gasteiger partial charge is 0.550 e. The number of fused-ring (bicyclic) bond motifs is 1. The van der Waals surface area contributed by atoms with E-state index in [9.17, 15) is 0 Å². The summed E-state index contributed by atoms with van der Waals surface area (Å²) in [5, 5.41) is 3.50. The lowest BCUT2D eigenvalue weighted by Crippen LogP contribution is -2.24. The minimum absolute atomic E-state index is 0.00959. The molecule has 0 radical (unpaired) electrons. The van der Waals surface area contributed by atoms with Crippen molar-refractivity contribution >= 4 is 8.02 Å². The van der Waals surface area contributed by atoms with Gasteiger partial charge in [-0.05, 0) is 6.42 Å². The smallest absolute Gasteiger partial charge is 0.271 e. The maximum Gasteiger partial charge on any atom is 0.550 e. The summed E-state index contributed by atoms with van der Waals surface area (Å²) in [5.41, 5.74) is -0.0192. The van der Waals surface area contributed by atoms with Crippen LogP contribution in [0.2, 0.25) is 0 Å². The van der Waals surface area contributed by atoms with Gasteiger partial charge in [-0.1, -0.05) is 48.5 Å². The standard InChI is InChI=1S/C15H28N2O2P/c1-8-9-16-20-17(10-12(18-20)14(2,3)4)11-13(19-20)15(5,6)7/h10-11,16H,8-9H2,1-7H3/q+1. The number of rotatable bonds is 3. The van der Waals surface area contributed by atoms with E-state index in [0.717, 1.165) is 24.5 Å². The number of nitrogens with zero attached hydrogens (tertiary/aromatic N) is 1. The summed E-state index contributed by atoms with van der Waals surface area (Å²) in [6, 6.07) is 0. The highest BCUT2D eigenvalue weighted by Gasteiger charge is 2.63. The van der Waals surface area contributed by atoms with E-state index in [1.165, 1.54) is 0 Å². The third-order valence-electron chi connectivity index (χ3n) is 3.29. The topological polar surface area (TPSA) is 33.7 Å². The molecule has 5 heteroatoms. The monoisotopic (exact) mass is 299 g/mol. The molecule has 0 saturated heterocycles. The molecule has 2 heterocycles. The summed E-state index contributed by atoms with van der Waals surface area (Å²) >= 11 is 0. The number of allylic oxidation sites excluding steroid dienone is 2. The molecule has 2 aliphatic rings. The van der Waals surface area contributed by atoms with Gasteiger partial charge in [-0.2, -0.15) is 0 Å². The highest BCUT2D eigenvalue weighted by Crippen LogP contribution is 2.72. The quantitative estimate of drug-likeness (QED) is 0.759. The van der Waals surface area contributed by atoms with E-state index in [1.54, 1.807) is 0 Å². The third-order valence-corrected chi connectivity index (χ3v) is 5.64. The van der Waals surface area contributed by atoms with Crippen LogP contribution in [0.25, 0.3) is 0 Å². The van der Waals surface area contributed by atoms with Crippen molar-refractivity contribution in [3.8, 4) is 0 Å². The van der Waals surface area contributed by atoms with Gasteiger partial charge in [-0.3, -0.25) is 9.05 Å². The van der Waals surface area contributed by atoms with Gasteiger partial charge in [-0.15, -0.1) is 9.76 Å². The first-order valence-corrected chi connectivity index (χ1v) is 8.93. The van der Waals surface area contributed by atoms with Crippen molar-refractivity contribution in [2.75, 3.05) is 6.54 Å². The molecule has 0 amide bonds. The fraction of sp³-hybridized carbons (Fsp3) is 0.733. The van der Waals surface area contributed by atoms with E-state index >= 15 is 0 Å². The van der Waals surface area contributed by atoms with Crippen LogP contribution in [-0.2, 0) is 9.05 Å². The molecule has 0 bridgehead atoms. The Morgan fingerprint density at radius 2 is 1.45 bits per heavy atom. The van der Waals surface area contributed by atoms with Crippen molar-refractivity contribution < 1.29 is 9.05 Å². The molecule has 0 fully saturated rings. The lowest BCUT2D eigenvalue weighted by Gasteiger charge is -2.24. The van der Waals surface area contributed by atoms with Crippen molar-refractivity contribution in [1.82, 2.24) is 9.76 Å². The van der Waals surface area contributed by atoms with Crippen LogP contribution < -0.4 is 5.09 Å². The normalized spacial score (nSPS) is 21.1. The third kappa shape index (κ3) is 2.82. The second kappa shape index (κ2) is 4.92. The number of hydrogen-bond donors (Lipinski definition) is 1. The van der Waals surface area contributed by atoms with Gasteiger partial charge in [0.15, 0.2) is 11.5 Å². The van der Waals surface area contributed by atoms with Crippen LogP contribution in [0.4, 0.5) is 0 Å². The molecule has 0 aromatic rings. The molecular weight excluding hydrogens is 271 g/mol. The van der Waals surface area contributed by atoms with Crippen LogP contribution in [0.5, 0.6) is 0 Å². The van der Waals surface area contributed by atoms with Gasteiger partial charge in [0.1, 0.15) is 0 Å². The molecule has 2 rings (SSSR count). The first kappa shape index (κ1) is 15.7. The van der Waals surface area contributed by atoms with Gasteiger partial charge in [0.05, 0.1) is 12.4 Å². The number of hydrogen-bond acceptors (Lipinski definition) is 4. The zero-order valence-corrected chi connectivity index (χ0v) is 14.7. The van der Waals surface area contributed by atoms with Gasteiger partial charge < -0.3 is 0 Å². The molecule has 1 N–H and O–H groups in total. The first-order chi connectivity index (χ1) is 9.08. The molecule has 0 atom stereocenters. The minimum Gasteiger partial charge on any atom is -0.271 e.